The summed E-state index contributed by atoms with van der Waals surface area (Å²) in [5.74, 6) is -0.764. The van der Waals surface area contributed by atoms with E-state index in [2.05, 4.69) is 10.6 Å². The third-order valence-electron chi connectivity index (χ3n) is 3.44. The number of nitrogens with one attached hydrogen (secondary N) is 2. The second-order valence-corrected chi connectivity index (χ2v) is 5.71. The Hall–Kier alpha value is -2.04. The van der Waals surface area contributed by atoms with Crippen molar-refractivity contribution in [3.63, 3.8) is 0 Å². The molecule has 0 aromatic heterocycles. The van der Waals surface area contributed by atoms with Crippen LogP contribution in [-0.2, 0) is 4.79 Å². The second-order valence-electron chi connectivity index (χ2n) is 5.71. The van der Waals surface area contributed by atoms with Crippen LogP contribution in [0.1, 0.15) is 52.0 Å². The molecule has 1 rings (SSSR count). The van der Waals surface area contributed by atoms with Crippen molar-refractivity contribution in [3.05, 3.63) is 29.8 Å². The van der Waals surface area contributed by atoms with Crippen LogP contribution >= 0.6 is 0 Å². The molecular formula is C16H24N2O3. The third kappa shape index (κ3) is 4.48. The van der Waals surface area contributed by atoms with Gasteiger partial charge in [-0.1, -0.05) is 45.4 Å². The molecule has 5 heteroatoms. The van der Waals surface area contributed by atoms with Crippen LogP contribution in [-0.4, -0.2) is 22.6 Å². The molecule has 0 heterocycles. The molecule has 3 N–H and O–H groups in total. The predicted octanol–water partition coefficient (Wildman–Crippen LogP) is 3.57. The van der Waals surface area contributed by atoms with Crippen molar-refractivity contribution in [2.24, 2.45) is 0 Å². The maximum atomic E-state index is 12.1. The first-order chi connectivity index (χ1) is 9.80. The lowest BCUT2D eigenvalue weighted by atomic mass is 9.96. The topological polar surface area (TPSA) is 78.4 Å². The van der Waals surface area contributed by atoms with Gasteiger partial charge < -0.3 is 15.7 Å². The van der Waals surface area contributed by atoms with Crippen LogP contribution in [0, 0.1) is 0 Å². The summed E-state index contributed by atoms with van der Waals surface area (Å²) in [7, 11) is 0. The molecule has 0 aliphatic rings. The standard InChI is InChI=1S/C16H24N2O3/c1-5-10-16(4,14(19)20)18-15(21)17-13-9-7-6-8-12(13)11(2)3/h6-9,11H,5,10H2,1-4H3,(H,19,20)(H2,17,18,21). The van der Waals surface area contributed by atoms with Crippen LogP contribution in [0.2, 0.25) is 0 Å². The Balaban J connectivity index is 2.85. The van der Waals surface area contributed by atoms with Crippen molar-refractivity contribution < 1.29 is 14.7 Å². The van der Waals surface area contributed by atoms with Gasteiger partial charge in [0.1, 0.15) is 5.54 Å². The van der Waals surface area contributed by atoms with Crippen molar-refractivity contribution in [1.29, 1.82) is 0 Å². The molecule has 0 bridgehead atoms. The van der Waals surface area contributed by atoms with Gasteiger partial charge in [-0.2, -0.15) is 0 Å². The summed E-state index contributed by atoms with van der Waals surface area (Å²) in [6.07, 6.45) is 1.05. The van der Waals surface area contributed by atoms with E-state index in [1.165, 1.54) is 6.92 Å². The number of carboxylic acid groups (broad SMARTS) is 1. The highest BCUT2D eigenvalue weighted by atomic mass is 16.4. The number of carbonyl (C=O) groups excluding carboxylic acids is 1. The number of benzene rings is 1. The van der Waals surface area contributed by atoms with Gasteiger partial charge in [0.05, 0.1) is 0 Å². The lowest BCUT2D eigenvalue weighted by Gasteiger charge is -2.26. The van der Waals surface area contributed by atoms with Crippen molar-refractivity contribution in [2.75, 3.05) is 5.32 Å². The highest BCUT2D eigenvalue weighted by Crippen LogP contribution is 2.23. The van der Waals surface area contributed by atoms with Gasteiger partial charge in [0.25, 0.3) is 0 Å². The highest BCUT2D eigenvalue weighted by molar-refractivity contribution is 5.94. The fourth-order valence-corrected chi connectivity index (χ4v) is 2.24. The summed E-state index contributed by atoms with van der Waals surface area (Å²) in [5.41, 5.74) is 0.459. The Kier molecular flexibility index (Phi) is 5.76. The maximum Gasteiger partial charge on any atom is 0.329 e. The smallest absolute Gasteiger partial charge is 0.329 e. The molecule has 0 saturated heterocycles. The largest absolute Gasteiger partial charge is 0.480 e. The van der Waals surface area contributed by atoms with Crippen molar-refractivity contribution >= 4 is 17.7 Å². The lowest BCUT2D eigenvalue weighted by Crippen LogP contribution is -2.53. The fraction of sp³-hybridized carbons (Fsp3) is 0.500. The number of carbonyl (C=O) groups is 2. The first-order valence-corrected chi connectivity index (χ1v) is 7.21. The van der Waals surface area contributed by atoms with E-state index < -0.39 is 17.5 Å². The number of urea groups is 1. The van der Waals surface area contributed by atoms with Crippen LogP contribution < -0.4 is 10.6 Å². The number of hydrogen-bond acceptors (Lipinski definition) is 2. The molecule has 5 nitrogen and oxygen atoms in total. The van der Waals surface area contributed by atoms with Crippen LogP contribution in [0.5, 0.6) is 0 Å². The summed E-state index contributed by atoms with van der Waals surface area (Å²) in [4.78, 5) is 23.4. The summed E-state index contributed by atoms with van der Waals surface area (Å²) >= 11 is 0. The summed E-state index contributed by atoms with van der Waals surface area (Å²) in [5, 5.41) is 14.6. The van der Waals surface area contributed by atoms with Crippen LogP contribution in [0.15, 0.2) is 24.3 Å². The average Bonchev–Trinajstić information content (AvgIpc) is 2.38. The molecular weight excluding hydrogens is 268 g/mol. The Morgan fingerprint density at radius 2 is 1.90 bits per heavy atom. The number of aliphatic carboxylic acids is 1. The second kappa shape index (κ2) is 7.11. The molecule has 116 valence electrons. The molecule has 0 aliphatic heterocycles. The Labute approximate surface area is 125 Å². The van der Waals surface area contributed by atoms with E-state index >= 15 is 0 Å². The molecule has 0 aliphatic carbocycles. The summed E-state index contributed by atoms with van der Waals surface area (Å²) in [6, 6.07) is 7.01. The number of para-hydroxylation sites is 1. The average molecular weight is 292 g/mol. The van der Waals surface area contributed by atoms with Crippen LogP contribution in [0.3, 0.4) is 0 Å². The predicted molar refractivity (Wildman–Crippen MR) is 83.6 cm³/mol. The number of hydrogen-bond donors (Lipinski definition) is 3. The minimum absolute atomic E-state index is 0.267. The molecule has 21 heavy (non-hydrogen) atoms. The first-order valence-electron chi connectivity index (χ1n) is 7.21. The Bertz CT molecular complexity index is 514. The molecule has 2 amide bonds. The number of anilines is 1. The molecule has 1 aromatic rings. The van der Waals surface area contributed by atoms with E-state index in [1.807, 2.05) is 45.0 Å². The quantitative estimate of drug-likeness (QED) is 0.750. The zero-order chi connectivity index (χ0) is 16.0. The molecule has 0 radical (unpaired) electrons. The van der Waals surface area contributed by atoms with E-state index in [1.54, 1.807) is 0 Å². The van der Waals surface area contributed by atoms with Gasteiger partial charge in [-0.3, -0.25) is 0 Å². The van der Waals surface area contributed by atoms with Gasteiger partial charge in [0, 0.05) is 5.69 Å². The zero-order valence-corrected chi connectivity index (χ0v) is 13.1. The van der Waals surface area contributed by atoms with Crippen molar-refractivity contribution in [2.45, 2.75) is 52.0 Å². The van der Waals surface area contributed by atoms with Crippen LogP contribution in [0.25, 0.3) is 0 Å². The monoisotopic (exact) mass is 292 g/mol. The van der Waals surface area contributed by atoms with E-state index in [0.29, 0.717) is 18.5 Å². The van der Waals surface area contributed by atoms with Gasteiger partial charge in [-0.05, 0) is 30.9 Å². The van der Waals surface area contributed by atoms with E-state index in [4.69, 9.17) is 0 Å². The third-order valence-corrected chi connectivity index (χ3v) is 3.44. The Morgan fingerprint density at radius 1 is 1.29 bits per heavy atom. The molecule has 1 aromatic carbocycles. The van der Waals surface area contributed by atoms with Crippen molar-refractivity contribution in [1.82, 2.24) is 5.32 Å². The van der Waals surface area contributed by atoms with Gasteiger partial charge in [-0.15, -0.1) is 0 Å². The van der Waals surface area contributed by atoms with E-state index in [9.17, 15) is 14.7 Å². The maximum absolute atomic E-state index is 12.1. The molecule has 1 atom stereocenters. The number of rotatable bonds is 6. The SMILES string of the molecule is CCCC(C)(NC(=O)Nc1ccccc1C(C)C)C(=O)O. The van der Waals surface area contributed by atoms with Gasteiger partial charge in [0.15, 0.2) is 0 Å². The summed E-state index contributed by atoms with van der Waals surface area (Å²) < 4.78 is 0. The Morgan fingerprint density at radius 3 is 2.43 bits per heavy atom. The number of carboxylic acids is 1. The summed E-state index contributed by atoms with van der Waals surface area (Å²) in [6.45, 7) is 7.48. The molecule has 0 fully saturated rings. The van der Waals surface area contributed by atoms with Crippen LogP contribution in [0.4, 0.5) is 10.5 Å². The molecule has 0 saturated carbocycles. The minimum atomic E-state index is -1.26. The van der Waals surface area contributed by atoms with Gasteiger partial charge >= 0.3 is 12.0 Å². The van der Waals surface area contributed by atoms with Crippen molar-refractivity contribution in [3.8, 4) is 0 Å². The molecule has 1 unspecified atom stereocenters. The zero-order valence-electron chi connectivity index (χ0n) is 13.1. The highest BCUT2D eigenvalue weighted by Gasteiger charge is 2.33. The minimum Gasteiger partial charge on any atom is -0.480 e. The normalized spacial score (nSPS) is 13.6. The van der Waals surface area contributed by atoms with E-state index in [-0.39, 0.29) is 5.92 Å². The first kappa shape index (κ1) is 17.0. The fourth-order valence-electron chi connectivity index (χ4n) is 2.24. The molecule has 0 spiro atoms. The van der Waals surface area contributed by atoms with Gasteiger partial charge in [0.2, 0.25) is 0 Å². The number of amides is 2. The van der Waals surface area contributed by atoms with Gasteiger partial charge in [-0.25, -0.2) is 9.59 Å². The lowest BCUT2D eigenvalue weighted by molar-refractivity contribution is -0.143. The van der Waals surface area contributed by atoms with E-state index in [0.717, 1.165) is 5.56 Å².